The maximum absolute atomic E-state index is 13.9. The molecule has 0 unspecified atom stereocenters. The van der Waals surface area contributed by atoms with E-state index >= 15 is 0 Å². The highest BCUT2D eigenvalue weighted by Gasteiger charge is 2.38. The molecule has 2 aromatic heterocycles. The van der Waals surface area contributed by atoms with Crippen LogP contribution in [0.15, 0.2) is 76.8 Å². The monoisotopic (exact) mass is 681 g/mol. The maximum atomic E-state index is 13.9. The molecule has 0 amide bonds. The van der Waals surface area contributed by atoms with Crippen LogP contribution in [0, 0.1) is 6.92 Å². The van der Waals surface area contributed by atoms with Crippen LogP contribution < -0.4 is 23.7 Å². The van der Waals surface area contributed by atoms with Crippen molar-refractivity contribution in [2.75, 3.05) is 25.0 Å². The number of alkyl halides is 3. The van der Waals surface area contributed by atoms with Crippen LogP contribution in [0.1, 0.15) is 36.7 Å². The van der Waals surface area contributed by atoms with Gasteiger partial charge in [0.15, 0.2) is 22.3 Å². The Morgan fingerprint density at radius 1 is 0.891 bits per heavy atom. The molecule has 0 aliphatic carbocycles. The highest BCUT2D eigenvalue weighted by Crippen LogP contribution is 2.42. The second-order valence-electron chi connectivity index (χ2n) is 10.0. The molecule has 0 aliphatic rings. The zero-order valence-electron chi connectivity index (χ0n) is 25.0. The molecule has 0 fully saturated rings. The van der Waals surface area contributed by atoms with E-state index in [1.165, 1.54) is 55.8 Å². The van der Waals surface area contributed by atoms with Crippen LogP contribution in [0.25, 0.3) is 0 Å². The van der Waals surface area contributed by atoms with Crippen LogP contribution in [0.3, 0.4) is 0 Å². The molecule has 0 radical (unpaired) electrons. The Bertz CT molecular complexity index is 1890. The molecule has 0 atom stereocenters. The lowest BCUT2D eigenvalue weighted by Crippen LogP contribution is -2.28. The van der Waals surface area contributed by atoms with E-state index in [-0.39, 0.29) is 22.3 Å². The minimum atomic E-state index is -5.15. The number of nitrogens with one attached hydrogen (secondary N) is 2. The molecule has 0 saturated carbocycles. The molecule has 2 N–H and O–H groups in total. The number of rotatable bonds is 13. The summed E-state index contributed by atoms with van der Waals surface area (Å²) in [4.78, 5) is 10.8. The number of hydrogen-bond acceptors (Lipinski definition) is 10. The van der Waals surface area contributed by atoms with Crippen LogP contribution in [-0.4, -0.2) is 52.0 Å². The van der Waals surface area contributed by atoms with Crippen molar-refractivity contribution >= 4 is 25.9 Å². The van der Waals surface area contributed by atoms with E-state index in [2.05, 4.69) is 19.7 Å². The van der Waals surface area contributed by atoms with Gasteiger partial charge in [0, 0.05) is 12.7 Å². The normalized spacial score (nSPS) is 12.2. The topological polar surface area (TPSA) is 159 Å². The van der Waals surface area contributed by atoms with Crippen LogP contribution >= 0.6 is 0 Å². The fraction of sp³-hybridized carbons (Fsp3) is 0.276. The van der Waals surface area contributed by atoms with Crippen molar-refractivity contribution in [3.8, 4) is 23.1 Å². The van der Waals surface area contributed by atoms with Gasteiger partial charge in [-0.25, -0.2) is 23.1 Å². The van der Waals surface area contributed by atoms with Crippen molar-refractivity contribution in [1.82, 2.24) is 19.7 Å². The first kappa shape index (κ1) is 34.4. The molecule has 0 saturated heterocycles. The SMILES string of the molecule is COc1ccccc1Oc1c(NS(=O)(=O)c2ccc(C(C)C)cn2)nc(C(F)(F)F)nc1OCCNS(=O)(=O)c1ccc(C)cc1. The number of pyridine rings is 1. The van der Waals surface area contributed by atoms with Crippen molar-refractivity contribution in [2.45, 2.75) is 42.8 Å². The third-order valence-corrected chi connectivity index (χ3v) is 9.00. The number of anilines is 1. The first-order valence-electron chi connectivity index (χ1n) is 13.6. The van der Waals surface area contributed by atoms with Gasteiger partial charge in [-0.3, -0.25) is 4.72 Å². The molecule has 4 rings (SSSR count). The summed E-state index contributed by atoms with van der Waals surface area (Å²) in [6, 6.07) is 14.7. The van der Waals surface area contributed by atoms with E-state index < -0.39 is 67.7 Å². The molecule has 2 heterocycles. The summed E-state index contributed by atoms with van der Waals surface area (Å²) in [7, 11) is -7.29. The number of methoxy groups -OCH3 is 1. The van der Waals surface area contributed by atoms with Crippen LogP contribution in [0.5, 0.6) is 23.1 Å². The van der Waals surface area contributed by atoms with Crippen LogP contribution in [0.2, 0.25) is 0 Å². The number of sulfonamides is 2. The van der Waals surface area contributed by atoms with Crippen molar-refractivity contribution < 1.29 is 44.2 Å². The Labute approximate surface area is 264 Å². The van der Waals surface area contributed by atoms with Gasteiger partial charge in [0.2, 0.25) is 21.6 Å². The van der Waals surface area contributed by atoms with Crippen molar-refractivity contribution in [1.29, 1.82) is 0 Å². The van der Waals surface area contributed by atoms with Gasteiger partial charge in [-0.2, -0.15) is 26.6 Å². The van der Waals surface area contributed by atoms with Gasteiger partial charge in [-0.05, 0) is 48.7 Å². The molecule has 17 heteroatoms. The predicted octanol–water partition coefficient (Wildman–Crippen LogP) is 5.28. The summed E-state index contributed by atoms with van der Waals surface area (Å²) < 4.78 is 115. The third-order valence-electron chi connectivity index (χ3n) is 6.27. The fourth-order valence-electron chi connectivity index (χ4n) is 3.83. The van der Waals surface area contributed by atoms with Gasteiger partial charge in [0.1, 0.15) is 6.61 Å². The number of ether oxygens (including phenoxy) is 3. The summed E-state index contributed by atoms with van der Waals surface area (Å²) in [5, 5.41) is -0.500. The van der Waals surface area contributed by atoms with Crippen molar-refractivity contribution in [3.05, 3.63) is 83.8 Å². The van der Waals surface area contributed by atoms with E-state index in [4.69, 9.17) is 14.2 Å². The molecule has 0 spiro atoms. The summed E-state index contributed by atoms with van der Waals surface area (Å²) >= 11 is 0. The predicted molar refractivity (Wildman–Crippen MR) is 161 cm³/mol. The molecule has 4 aromatic rings. The Balaban J connectivity index is 1.73. The summed E-state index contributed by atoms with van der Waals surface area (Å²) in [6.07, 6.45) is -3.82. The van der Waals surface area contributed by atoms with Gasteiger partial charge < -0.3 is 14.2 Å². The Kier molecular flexibility index (Phi) is 10.4. The smallest absolute Gasteiger partial charge is 0.451 e. The van der Waals surface area contributed by atoms with Gasteiger partial charge >= 0.3 is 6.18 Å². The Hall–Kier alpha value is -4.48. The second-order valence-corrected chi connectivity index (χ2v) is 13.4. The zero-order chi connectivity index (χ0) is 33.7. The number of aryl methyl sites for hydroxylation is 1. The molecular formula is C29H30F3N5O7S2. The number of aromatic nitrogens is 3. The first-order valence-corrected chi connectivity index (χ1v) is 16.6. The highest BCUT2D eigenvalue weighted by atomic mass is 32.2. The number of hydrogen-bond donors (Lipinski definition) is 2. The minimum absolute atomic E-state index is 0.0357. The summed E-state index contributed by atoms with van der Waals surface area (Å²) in [5.41, 5.74) is 1.57. The molecular weight excluding hydrogens is 651 g/mol. The van der Waals surface area contributed by atoms with E-state index in [1.807, 2.05) is 18.6 Å². The largest absolute Gasteiger partial charge is 0.493 e. The Morgan fingerprint density at radius 2 is 1.57 bits per heavy atom. The standard InChI is InChI=1S/C29H30F3N5O7S2/c1-18(2)20-11-14-24(33-17-20)46(40,41)37-26-25(44-23-8-6-5-7-22(23)42-4)27(36-28(35-26)29(30,31)32)43-16-15-34-45(38,39)21-12-9-19(3)10-13-21/h5-14,17-18,34H,15-16H2,1-4H3,(H,35,36,37). The Morgan fingerprint density at radius 3 is 2.15 bits per heavy atom. The minimum Gasteiger partial charge on any atom is -0.493 e. The van der Waals surface area contributed by atoms with Gasteiger partial charge in [-0.15, -0.1) is 0 Å². The highest BCUT2D eigenvalue weighted by molar-refractivity contribution is 7.92. The number of benzene rings is 2. The van der Waals surface area contributed by atoms with Gasteiger partial charge in [0.25, 0.3) is 15.9 Å². The van der Waals surface area contributed by atoms with Crippen LogP contribution in [0.4, 0.5) is 19.0 Å². The number of halogens is 3. The fourth-order valence-corrected chi connectivity index (χ4v) is 5.77. The lowest BCUT2D eigenvalue weighted by Gasteiger charge is -2.19. The molecule has 0 aliphatic heterocycles. The van der Waals surface area contributed by atoms with Crippen molar-refractivity contribution in [2.24, 2.45) is 0 Å². The number of para-hydroxylation sites is 2. The average molecular weight is 682 g/mol. The molecule has 12 nitrogen and oxygen atoms in total. The van der Waals surface area contributed by atoms with Crippen molar-refractivity contribution in [3.63, 3.8) is 0 Å². The van der Waals surface area contributed by atoms with E-state index in [0.717, 1.165) is 11.1 Å². The molecule has 46 heavy (non-hydrogen) atoms. The molecule has 2 aromatic carbocycles. The summed E-state index contributed by atoms with van der Waals surface area (Å²) in [5.74, 6) is -4.02. The third kappa shape index (κ3) is 8.41. The molecule has 0 bridgehead atoms. The van der Waals surface area contributed by atoms with Gasteiger partial charge in [0.05, 0.1) is 12.0 Å². The second kappa shape index (κ2) is 13.9. The van der Waals surface area contributed by atoms with E-state index in [0.29, 0.717) is 0 Å². The average Bonchev–Trinajstić information content (AvgIpc) is 3.00. The summed E-state index contributed by atoms with van der Waals surface area (Å²) in [6.45, 7) is 4.60. The number of nitrogens with zero attached hydrogens (tertiary/aromatic N) is 3. The van der Waals surface area contributed by atoms with Gasteiger partial charge in [-0.1, -0.05) is 49.7 Å². The van der Waals surface area contributed by atoms with Crippen LogP contribution in [-0.2, 0) is 26.2 Å². The lowest BCUT2D eigenvalue weighted by atomic mass is 10.1. The zero-order valence-corrected chi connectivity index (χ0v) is 26.6. The maximum Gasteiger partial charge on any atom is 0.451 e. The van der Waals surface area contributed by atoms with E-state index in [1.54, 1.807) is 25.1 Å². The molecule has 246 valence electrons. The van der Waals surface area contributed by atoms with E-state index in [9.17, 15) is 30.0 Å². The first-order chi connectivity index (χ1) is 21.6. The quantitative estimate of drug-likeness (QED) is 0.178. The lowest BCUT2D eigenvalue weighted by molar-refractivity contribution is -0.145.